The van der Waals surface area contributed by atoms with Crippen molar-refractivity contribution in [3.8, 4) is 0 Å². The molecule has 0 saturated heterocycles. The monoisotopic (exact) mass is 244 g/mol. The van der Waals surface area contributed by atoms with E-state index in [4.69, 9.17) is 5.11 Å². The number of hydrogen-bond acceptors (Lipinski definition) is 3. The molecule has 0 aromatic carbocycles. The van der Waals surface area contributed by atoms with Gasteiger partial charge >= 0.3 is 5.97 Å². The highest BCUT2D eigenvalue weighted by molar-refractivity contribution is 5.82. The quantitative estimate of drug-likeness (QED) is 0.619. The minimum Gasteiger partial charge on any atom is -0.481 e. The highest BCUT2D eigenvalue weighted by atomic mass is 16.4. The van der Waals surface area contributed by atoms with Crippen LogP contribution >= 0.6 is 0 Å². The molecule has 17 heavy (non-hydrogen) atoms. The van der Waals surface area contributed by atoms with Crippen molar-refractivity contribution >= 4 is 17.8 Å². The predicted molar refractivity (Wildman–Crippen MR) is 62.3 cm³/mol. The van der Waals surface area contributed by atoms with Gasteiger partial charge in [-0.3, -0.25) is 14.4 Å². The molecule has 0 aliphatic carbocycles. The Balaban J connectivity index is 3.65. The minimum atomic E-state index is -0.952. The minimum absolute atomic E-state index is 0.0971. The van der Waals surface area contributed by atoms with Gasteiger partial charge in [0.15, 0.2) is 0 Å². The third-order valence-corrected chi connectivity index (χ3v) is 1.98. The SMILES string of the molecule is CC(C)(C)C(=O)NCCC(=O)NCCC(=O)O. The van der Waals surface area contributed by atoms with E-state index in [1.165, 1.54) is 0 Å². The zero-order valence-electron chi connectivity index (χ0n) is 10.5. The molecule has 3 N–H and O–H groups in total. The lowest BCUT2D eigenvalue weighted by Crippen LogP contribution is -2.37. The maximum absolute atomic E-state index is 11.4. The molecule has 0 rings (SSSR count). The van der Waals surface area contributed by atoms with Crippen molar-refractivity contribution in [1.29, 1.82) is 0 Å². The van der Waals surface area contributed by atoms with Gasteiger partial charge in [0.25, 0.3) is 0 Å². The predicted octanol–water partition coefficient (Wildman–Crippen LogP) is 0.130. The lowest BCUT2D eigenvalue weighted by Gasteiger charge is -2.17. The summed E-state index contributed by atoms with van der Waals surface area (Å²) in [6.07, 6.45) is 0.0571. The van der Waals surface area contributed by atoms with Crippen LogP contribution in [-0.4, -0.2) is 36.0 Å². The van der Waals surface area contributed by atoms with E-state index >= 15 is 0 Å². The van der Waals surface area contributed by atoms with Gasteiger partial charge in [0.05, 0.1) is 6.42 Å². The molecule has 6 heteroatoms. The molecule has 0 spiro atoms. The molecule has 6 nitrogen and oxygen atoms in total. The summed E-state index contributed by atoms with van der Waals surface area (Å²) in [5, 5.41) is 13.4. The number of rotatable bonds is 6. The highest BCUT2D eigenvalue weighted by Crippen LogP contribution is 2.11. The molecule has 0 fully saturated rings. The molecule has 0 bridgehead atoms. The second-order valence-electron chi connectivity index (χ2n) is 4.75. The molecule has 0 heterocycles. The van der Waals surface area contributed by atoms with Gasteiger partial charge in [-0.1, -0.05) is 20.8 Å². The standard InChI is InChI=1S/C11H20N2O4/c1-11(2,3)10(17)13-6-4-8(14)12-7-5-9(15)16/h4-7H2,1-3H3,(H,12,14)(H,13,17)(H,15,16). The third-order valence-electron chi connectivity index (χ3n) is 1.98. The van der Waals surface area contributed by atoms with Crippen molar-refractivity contribution in [3.05, 3.63) is 0 Å². The first kappa shape index (κ1) is 15.4. The summed E-state index contributed by atoms with van der Waals surface area (Å²) in [6, 6.07) is 0. The van der Waals surface area contributed by atoms with Crippen molar-refractivity contribution in [2.75, 3.05) is 13.1 Å². The summed E-state index contributed by atoms with van der Waals surface area (Å²) in [5.41, 5.74) is -0.472. The normalized spacial score (nSPS) is 10.8. The Bertz CT molecular complexity index is 294. The molecule has 0 aromatic rings. The number of aliphatic carboxylic acids is 1. The van der Waals surface area contributed by atoms with E-state index in [0.29, 0.717) is 0 Å². The zero-order valence-corrected chi connectivity index (χ0v) is 10.5. The van der Waals surface area contributed by atoms with Crippen LogP contribution in [0.3, 0.4) is 0 Å². The van der Waals surface area contributed by atoms with E-state index in [-0.39, 0.29) is 37.7 Å². The van der Waals surface area contributed by atoms with Crippen LogP contribution in [0, 0.1) is 5.41 Å². The van der Waals surface area contributed by atoms with E-state index in [9.17, 15) is 14.4 Å². The Labute approximate surface area is 101 Å². The van der Waals surface area contributed by atoms with Crippen LogP contribution in [0.5, 0.6) is 0 Å². The van der Waals surface area contributed by atoms with Gasteiger partial charge in [0.2, 0.25) is 11.8 Å². The molecule has 2 amide bonds. The number of amides is 2. The molecule has 0 aliphatic heterocycles. The Kier molecular flexibility index (Phi) is 6.23. The van der Waals surface area contributed by atoms with Gasteiger partial charge in [0, 0.05) is 24.9 Å². The Hall–Kier alpha value is -1.59. The molecule has 98 valence electrons. The van der Waals surface area contributed by atoms with Crippen molar-refractivity contribution in [3.63, 3.8) is 0 Å². The maximum atomic E-state index is 11.4. The summed E-state index contributed by atoms with van der Waals surface area (Å²) in [7, 11) is 0. The zero-order chi connectivity index (χ0) is 13.5. The van der Waals surface area contributed by atoms with Gasteiger partial charge in [-0.05, 0) is 0 Å². The summed E-state index contributed by atoms with van der Waals surface area (Å²) >= 11 is 0. The molecular formula is C11H20N2O4. The molecular weight excluding hydrogens is 224 g/mol. The van der Waals surface area contributed by atoms with Crippen molar-refractivity contribution in [2.24, 2.45) is 5.41 Å². The number of carboxylic acid groups (broad SMARTS) is 1. The third kappa shape index (κ3) is 8.24. The van der Waals surface area contributed by atoms with E-state index in [0.717, 1.165) is 0 Å². The van der Waals surface area contributed by atoms with Crippen LogP contribution in [0.25, 0.3) is 0 Å². The summed E-state index contributed by atoms with van der Waals surface area (Å²) in [6.45, 7) is 5.73. The van der Waals surface area contributed by atoms with Gasteiger partial charge in [-0.15, -0.1) is 0 Å². The first-order valence-electron chi connectivity index (χ1n) is 5.50. The molecule has 0 unspecified atom stereocenters. The van der Waals surface area contributed by atoms with Crippen LogP contribution < -0.4 is 10.6 Å². The summed E-state index contributed by atoms with van der Waals surface area (Å²) < 4.78 is 0. The van der Waals surface area contributed by atoms with Crippen LogP contribution in [-0.2, 0) is 14.4 Å². The second-order valence-corrected chi connectivity index (χ2v) is 4.75. The van der Waals surface area contributed by atoms with Crippen molar-refractivity contribution in [2.45, 2.75) is 33.6 Å². The first-order chi connectivity index (χ1) is 7.73. The van der Waals surface area contributed by atoms with E-state index in [2.05, 4.69) is 10.6 Å². The Morgan fingerprint density at radius 3 is 2.00 bits per heavy atom. The average Bonchev–Trinajstić information content (AvgIpc) is 2.15. The fraction of sp³-hybridized carbons (Fsp3) is 0.727. The topological polar surface area (TPSA) is 95.5 Å². The van der Waals surface area contributed by atoms with Crippen LogP contribution in [0.15, 0.2) is 0 Å². The number of carboxylic acids is 1. The number of hydrogen-bond donors (Lipinski definition) is 3. The molecule has 0 atom stereocenters. The van der Waals surface area contributed by atoms with Crippen LogP contribution in [0.2, 0.25) is 0 Å². The molecule has 0 saturated carbocycles. The van der Waals surface area contributed by atoms with E-state index < -0.39 is 11.4 Å². The Morgan fingerprint density at radius 2 is 1.53 bits per heavy atom. The van der Waals surface area contributed by atoms with Gasteiger partial charge in [-0.2, -0.15) is 0 Å². The maximum Gasteiger partial charge on any atom is 0.305 e. The molecule has 0 radical (unpaired) electrons. The van der Waals surface area contributed by atoms with Crippen molar-refractivity contribution in [1.82, 2.24) is 10.6 Å². The summed E-state index contributed by atoms with van der Waals surface area (Å²) in [4.78, 5) is 32.8. The van der Waals surface area contributed by atoms with E-state index in [1.54, 1.807) is 20.8 Å². The van der Waals surface area contributed by atoms with Gasteiger partial charge < -0.3 is 15.7 Å². The molecule has 0 aliphatic rings. The van der Waals surface area contributed by atoms with Gasteiger partial charge in [0.1, 0.15) is 0 Å². The van der Waals surface area contributed by atoms with Gasteiger partial charge in [-0.25, -0.2) is 0 Å². The second kappa shape index (κ2) is 6.88. The van der Waals surface area contributed by atoms with E-state index in [1.807, 2.05) is 0 Å². The lowest BCUT2D eigenvalue weighted by atomic mass is 9.96. The van der Waals surface area contributed by atoms with Crippen LogP contribution in [0.4, 0.5) is 0 Å². The fourth-order valence-corrected chi connectivity index (χ4v) is 0.952. The largest absolute Gasteiger partial charge is 0.481 e. The Morgan fingerprint density at radius 1 is 1.00 bits per heavy atom. The number of carbonyl (C=O) groups is 3. The van der Waals surface area contributed by atoms with Crippen LogP contribution in [0.1, 0.15) is 33.6 Å². The smallest absolute Gasteiger partial charge is 0.305 e. The fourth-order valence-electron chi connectivity index (χ4n) is 0.952. The first-order valence-corrected chi connectivity index (χ1v) is 5.50. The molecule has 0 aromatic heterocycles. The van der Waals surface area contributed by atoms with Crippen molar-refractivity contribution < 1.29 is 19.5 Å². The summed E-state index contributed by atoms with van der Waals surface area (Å²) in [5.74, 6) is -1.33. The highest BCUT2D eigenvalue weighted by Gasteiger charge is 2.20. The average molecular weight is 244 g/mol. The number of carbonyl (C=O) groups excluding carboxylic acids is 2. The number of nitrogens with one attached hydrogen (secondary N) is 2. The lowest BCUT2D eigenvalue weighted by molar-refractivity contribution is -0.137.